The zero-order valence-corrected chi connectivity index (χ0v) is 7.74. The van der Waals surface area contributed by atoms with Crippen molar-refractivity contribution in [3.8, 4) is 11.3 Å². The first-order valence-corrected chi connectivity index (χ1v) is 4.22. The Balaban J connectivity index is 2.55. The Kier molecular flexibility index (Phi) is 1.96. The van der Waals surface area contributed by atoms with Crippen LogP contribution in [0, 0.1) is 5.82 Å². The van der Waals surface area contributed by atoms with Gasteiger partial charge in [-0.2, -0.15) is 0 Å². The first kappa shape index (κ1) is 8.74. The van der Waals surface area contributed by atoms with Crippen molar-refractivity contribution in [3.05, 3.63) is 36.3 Å². The molecule has 2 rings (SSSR count). The number of nitrogen functional groups attached to an aromatic ring is 1. The van der Waals surface area contributed by atoms with Gasteiger partial charge in [0.2, 0.25) is 0 Å². The number of nitrogens with zero attached hydrogens (tertiary/aromatic N) is 2. The molecule has 0 radical (unpaired) electrons. The summed E-state index contributed by atoms with van der Waals surface area (Å²) in [5.41, 5.74) is 6.59. The van der Waals surface area contributed by atoms with Gasteiger partial charge in [-0.1, -0.05) is 12.1 Å². The van der Waals surface area contributed by atoms with E-state index in [-0.39, 0.29) is 5.82 Å². The Hall–Kier alpha value is -1.84. The van der Waals surface area contributed by atoms with Crippen LogP contribution in [0.2, 0.25) is 0 Å². The van der Waals surface area contributed by atoms with Crippen LogP contribution in [-0.2, 0) is 7.05 Å². The molecule has 1 aromatic heterocycles. The van der Waals surface area contributed by atoms with Gasteiger partial charge in [-0.25, -0.2) is 9.37 Å². The molecule has 0 amide bonds. The van der Waals surface area contributed by atoms with Gasteiger partial charge in [0.1, 0.15) is 5.82 Å². The first-order valence-electron chi connectivity index (χ1n) is 4.22. The van der Waals surface area contributed by atoms with E-state index in [1.165, 1.54) is 6.07 Å². The summed E-state index contributed by atoms with van der Waals surface area (Å²) in [6, 6.07) is 6.49. The second-order valence-corrected chi connectivity index (χ2v) is 3.08. The van der Waals surface area contributed by atoms with E-state index >= 15 is 0 Å². The fraction of sp³-hybridized carbons (Fsp3) is 0.100. The van der Waals surface area contributed by atoms with E-state index in [9.17, 15) is 4.39 Å². The van der Waals surface area contributed by atoms with Gasteiger partial charge >= 0.3 is 0 Å². The summed E-state index contributed by atoms with van der Waals surface area (Å²) in [5, 5.41) is 0. The molecule has 0 bridgehead atoms. The molecule has 4 heteroatoms. The predicted octanol–water partition coefficient (Wildman–Crippen LogP) is 1.81. The van der Waals surface area contributed by atoms with Crippen molar-refractivity contribution in [2.24, 2.45) is 7.05 Å². The van der Waals surface area contributed by atoms with E-state index in [4.69, 9.17) is 5.73 Å². The maximum absolute atomic E-state index is 13.3. The van der Waals surface area contributed by atoms with Gasteiger partial charge in [-0.3, -0.25) is 0 Å². The van der Waals surface area contributed by atoms with Crippen LogP contribution in [0.3, 0.4) is 0 Å². The number of aromatic nitrogens is 2. The molecule has 0 saturated heterocycles. The Labute approximate surface area is 81.0 Å². The second kappa shape index (κ2) is 3.14. The smallest absolute Gasteiger partial charge is 0.200 e. The van der Waals surface area contributed by atoms with E-state index in [2.05, 4.69) is 4.98 Å². The standard InChI is InChI=1S/C10H10FN3/c1-14-6-9(13-10(14)12)7-4-2-3-5-8(7)11/h2-6H,1H3,(H2,12,13). The number of halogens is 1. The Morgan fingerprint density at radius 3 is 2.64 bits per heavy atom. The van der Waals surface area contributed by atoms with Crippen molar-refractivity contribution in [3.63, 3.8) is 0 Å². The zero-order chi connectivity index (χ0) is 10.1. The van der Waals surface area contributed by atoms with Gasteiger partial charge in [-0.05, 0) is 12.1 Å². The number of benzene rings is 1. The van der Waals surface area contributed by atoms with Crippen molar-refractivity contribution >= 4 is 5.95 Å². The third-order valence-electron chi connectivity index (χ3n) is 2.06. The van der Waals surface area contributed by atoms with Gasteiger partial charge in [0.05, 0.1) is 5.69 Å². The highest BCUT2D eigenvalue weighted by atomic mass is 19.1. The molecule has 2 N–H and O–H groups in total. The van der Waals surface area contributed by atoms with E-state index in [0.29, 0.717) is 17.2 Å². The zero-order valence-electron chi connectivity index (χ0n) is 7.74. The van der Waals surface area contributed by atoms with Crippen LogP contribution in [0.5, 0.6) is 0 Å². The molecule has 2 aromatic rings. The number of imidazole rings is 1. The lowest BCUT2D eigenvalue weighted by Crippen LogP contribution is -1.94. The maximum atomic E-state index is 13.3. The average Bonchev–Trinajstić information content (AvgIpc) is 2.48. The molecule has 14 heavy (non-hydrogen) atoms. The summed E-state index contributed by atoms with van der Waals surface area (Å²) < 4.78 is 15.0. The predicted molar refractivity (Wildman–Crippen MR) is 53.0 cm³/mol. The molecule has 3 nitrogen and oxygen atoms in total. The van der Waals surface area contributed by atoms with Gasteiger partial charge in [0.15, 0.2) is 5.95 Å². The van der Waals surface area contributed by atoms with Crippen LogP contribution in [-0.4, -0.2) is 9.55 Å². The molecule has 1 aromatic carbocycles. The lowest BCUT2D eigenvalue weighted by molar-refractivity contribution is 0.631. The number of anilines is 1. The third kappa shape index (κ3) is 1.35. The second-order valence-electron chi connectivity index (χ2n) is 3.08. The summed E-state index contributed by atoms with van der Waals surface area (Å²) in [5.74, 6) is 0.0915. The Morgan fingerprint density at radius 1 is 1.36 bits per heavy atom. The normalized spacial score (nSPS) is 10.4. The fourth-order valence-corrected chi connectivity index (χ4v) is 1.28. The maximum Gasteiger partial charge on any atom is 0.200 e. The van der Waals surface area contributed by atoms with Crippen molar-refractivity contribution < 1.29 is 4.39 Å². The van der Waals surface area contributed by atoms with Crippen LogP contribution in [0.15, 0.2) is 30.5 Å². The van der Waals surface area contributed by atoms with Crippen LogP contribution in [0.1, 0.15) is 0 Å². The van der Waals surface area contributed by atoms with E-state index in [0.717, 1.165) is 0 Å². The average molecular weight is 191 g/mol. The molecule has 0 unspecified atom stereocenters. The minimum Gasteiger partial charge on any atom is -0.369 e. The number of nitrogens with two attached hydrogens (primary N) is 1. The summed E-state index contributed by atoms with van der Waals surface area (Å²) in [4.78, 5) is 4.04. The molecule has 0 spiro atoms. The molecule has 0 fully saturated rings. The van der Waals surface area contributed by atoms with Crippen molar-refractivity contribution in [2.75, 3.05) is 5.73 Å². The Bertz CT molecular complexity index is 443. The molecule has 0 aliphatic carbocycles. The summed E-state index contributed by atoms with van der Waals surface area (Å²) in [7, 11) is 1.77. The molecular weight excluding hydrogens is 181 g/mol. The summed E-state index contributed by atoms with van der Waals surface area (Å²) in [6.45, 7) is 0. The first-order chi connectivity index (χ1) is 6.68. The molecule has 0 aliphatic heterocycles. The molecule has 72 valence electrons. The van der Waals surface area contributed by atoms with Crippen molar-refractivity contribution in [1.29, 1.82) is 0 Å². The minimum absolute atomic E-state index is 0.286. The monoisotopic (exact) mass is 191 g/mol. The van der Waals surface area contributed by atoms with Crippen molar-refractivity contribution in [2.45, 2.75) is 0 Å². The van der Waals surface area contributed by atoms with Crippen LogP contribution in [0.25, 0.3) is 11.3 Å². The minimum atomic E-state index is -0.286. The van der Waals surface area contributed by atoms with Crippen molar-refractivity contribution in [1.82, 2.24) is 9.55 Å². The number of hydrogen-bond acceptors (Lipinski definition) is 2. The third-order valence-corrected chi connectivity index (χ3v) is 2.06. The number of rotatable bonds is 1. The highest BCUT2D eigenvalue weighted by Crippen LogP contribution is 2.21. The molecular formula is C10H10FN3. The van der Waals surface area contributed by atoms with Crippen LogP contribution in [0.4, 0.5) is 10.3 Å². The topological polar surface area (TPSA) is 43.8 Å². The van der Waals surface area contributed by atoms with Gasteiger partial charge in [0.25, 0.3) is 0 Å². The molecule has 0 saturated carbocycles. The van der Waals surface area contributed by atoms with E-state index in [1.807, 2.05) is 0 Å². The van der Waals surface area contributed by atoms with E-state index in [1.54, 1.807) is 36.0 Å². The highest BCUT2D eigenvalue weighted by molar-refractivity contribution is 5.60. The summed E-state index contributed by atoms with van der Waals surface area (Å²) >= 11 is 0. The number of aryl methyl sites for hydroxylation is 1. The molecule has 0 aliphatic rings. The van der Waals surface area contributed by atoms with Gasteiger partial charge in [0, 0.05) is 18.8 Å². The largest absolute Gasteiger partial charge is 0.369 e. The quantitative estimate of drug-likeness (QED) is 0.747. The number of hydrogen-bond donors (Lipinski definition) is 1. The van der Waals surface area contributed by atoms with Gasteiger partial charge < -0.3 is 10.3 Å². The van der Waals surface area contributed by atoms with E-state index < -0.39 is 0 Å². The highest BCUT2D eigenvalue weighted by Gasteiger charge is 2.08. The Morgan fingerprint density at radius 2 is 2.07 bits per heavy atom. The SMILES string of the molecule is Cn1cc(-c2ccccc2F)nc1N. The van der Waals surface area contributed by atoms with Crippen LogP contribution >= 0.6 is 0 Å². The lowest BCUT2D eigenvalue weighted by atomic mass is 10.1. The molecule has 1 heterocycles. The van der Waals surface area contributed by atoms with Gasteiger partial charge in [-0.15, -0.1) is 0 Å². The lowest BCUT2D eigenvalue weighted by Gasteiger charge is -1.96. The van der Waals surface area contributed by atoms with Crippen LogP contribution < -0.4 is 5.73 Å². The molecule has 0 atom stereocenters. The fourth-order valence-electron chi connectivity index (χ4n) is 1.28. The summed E-state index contributed by atoms with van der Waals surface area (Å²) in [6.07, 6.45) is 1.70.